The van der Waals surface area contributed by atoms with Gasteiger partial charge in [-0.3, -0.25) is 0 Å². The van der Waals surface area contributed by atoms with Gasteiger partial charge >= 0.3 is 0 Å². The Morgan fingerprint density at radius 1 is 1.24 bits per heavy atom. The molecule has 1 aliphatic rings. The van der Waals surface area contributed by atoms with Crippen molar-refractivity contribution in [1.82, 2.24) is 9.88 Å². The highest BCUT2D eigenvalue weighted by molar-refractivity contribution is 7.09. The molecule has 2 heterocycles. The van der Waals surface area contributed by atoms with E-state index in [1.54, 1.807) is 11.3 Å². The Hall–Kier alpha value is -1.59. The molecule has 0 radical (unpaired) electrons. The number of piperazine rings is 1. The fraction of sp³-hybridized carbons (Fsp3) is 0.438. The van der Waals surface area contributed by atoms with E-state index in [0.717, 1.165) is 55.2 Å². The van der Waals surface area contributed by atoms with Gasteiger partial charge in [0.2, 0.25) is 0 Å². The van der Waals surface area contributed by atoms with E-state index in [9.17, 15) is 0 Å². The van der Waals surface area contributed by atoms with Crippen LogP contribution in [0.3, 0.4) is 0 Å². The zero-order valence-electron chi connectivity index (χ0n) is 12.7. The molecule has 3 rings (SSSR count). The molecule has 0 aliphatic carbocycles. The predicted molar refractivity (Wildman–Crippen MR) is 91.1 cm³/mol. The van der Waals surface area contributed by atoms with E-state index < -0.39 is 0 Å². The summed E-state index contributed by atoms with van der Waals surface area (Å²) in [5, 5.41) is 3.29. The quantitative estimate of drug-likeness (QED) is 0.886. The van der Waals surface area contributed by atoms with E-state index >= 15 is 0 Å². The second-order valence-electron chi connectivity index (χ2n) is 5.54. The summed E-state index contributed by atoms with van der Waals surface area (Å²) in [5.41, 5.74) is 10.4. The van der Waals surface area contributed by atoms with Gasteiger partial charge in [-0.2, -0.15) is 0 Å². The van der Waals surface area contributed by atoms with E-state index in [0.29, 0.717) is 0 Å². The summed E-state index contributed by atoms with van der Waals surface area (Å²) in [5.74, 6) is 0. The third kappa shape index (κ3) is 3.04. The molecule has 4 nitrogen and oxygen atoms in total. The lowest BCUT2D eigenvalue weighted by atomic mass is 10.1. The molecule has 21 heavy (non-hydrogen) atoms. The molecule has 2 aromatic rings. The van der Waals surface area contributed by atoms with Crippen LogP contribution in [0.2, 0.25) is 0 Å². The van der Waals surface area contributed by atoms with Crippen molar-refractivity contribution in [2.45, 2.75) is 13.3 Å². The molecule has 0 saturated carbocycles. The van der Waals surface area contributed by atoms with Gasteiger partial charge in [0.25, 0.3) is 0 Å². The highest BCUT2D eigenvalue weighted by Crippen LogP contribution is 2.30. The molecule has 0 spiro atoms. The number of nitrogen functional groups attached to an aromatic ring is 1. The third-order valence-corrected chi connectivity index (χ3v) is 5.01. The molecule has 1 aliphatic heterocycles. The van der Waals surface area contributed by atoms with Gasteiger partial charge in [-0.1, -0.05) is 13.0 Å². The topological polar surface area (TPSA) is 45.4 Å². The lowest BCUT2D eigenvalue weighted by molar-refractivity contribution is 0.313. The van der Waals surface area contributed by atoms with E-state index in [2.05, 4.69) is 52.3 Å². The fourth-order valence-corrected chi connectivity index (χ4v) is 3.41. The van der Waals surface area contributed by atoms with E-state index in [1.807, 2.05) is 0 Å². The van der Waals surface area contributed by atoms with Crippen molar-refractivity contribution in [2.24, 2.45) is 0 Å². The summed E-state index contributed by atoms with van der Waals surface area (Å²) in [6, 6.07) is 6.33. The van der Waals surface area contributed by atoms with Gasteiger partial charge in [-0.15, -0.1) is 11.3 Å². The molecular formula is C16H22N4S. The summed E-state index contributed by atoms with van der Waals surface area (Å²) in [7, 11) is 2.16. The minimum Gasteiger partial charge on any atom is -0.397 e. The number of nitrogens with zero attached hydrogens (tertiary/aromatic N) is 3. The molecular weight excluding hydrogens is 280 g/mol. The summed E-state index contributed by atoms with van der Waals surface area (Å²) < 4.78 is 0. The van der Waals surface area contributed by atoms with Crippen LogP contribution < -0.4 is 10.6 Å². The standard InChI is InChI=1S/C16H22N4S/c1-3-16-18-14(11-21-16)12-4-5-15(13(17)10-12)20-8-6-19(2)7-9-20/h4-5,10-11H,3,6-9,17H2,1-2H3. The Labute approximate surface area is 130 Å². The van der Waals surface area contributed by atoms with Gasteiger partial charge < -0.3 is 15.5 Å². The lowest BCUT2D eigenvalue weighted by Crippen LogP contribution is -2.44. The lowest BCUT2D eigenvalue weighted by Gasteiger charge is -2.34. The molecule has 0 atom stereocenters. The van der Waals surface area contributed by atoms with Gasteiger partial charge in [0, 0.05) is 37.1 Å². The smallest absolute Gasteiger partial charge is 0.0929 e. The zero-order valence-corrected chi connectivity index (χ0v) is 13.5. The highest BCUT2D eigenvalue weighted by Gasteiger charge is 2.16. The zero-order chi connectivity index (χ0) is 14.8. The molecule has 2 N–H and O–H groups in total. The van der Waals surface area contributed by atoms with Crippen LogP contribution in [-0.2, 0) is 6.42 Å². The molecule has 0 unspecified atom stereocenters. The van der Waals surface area contributed by atoms with Crippen molar-refractivity contribution < 1.29 is 0 Å². The Kier molecular flexibility index (Phi) is 4.12. The first-order valence-corrected chi connectivity index (χ1v) is 8.33. The molecule has 5 heteroatoms. The Morgan fingerprint density at radius 2 is 2.00 bits per heavy atom. The first-order chi connectivity index (χ1) is 10.2. The van der Waals surface area contributed by atoms with Crippen molar-refractivity contribution >= 4 is 22.7 Å². The number of hydrogen-bond donors (Lipinski definition) is 1. The van der Waals surface area contributed by atoms with Crippen molar-refractivity contribution in [1.29, 1.82) is 0 Å². The van der Waals surface area contributed by atoms with Crippen LogP contribution in [0.4, 0.5) is 11.4 Å². The molecule has 0 bridgehead atoms. The third-order valence-electron chi connectivity index (χ3n) is 4.02. The number of nitrogens with two attached hydrogens (primary N) is 1. The Bertz CT molecular complexity index is 614. The van der Waals surface area contributed by atoms with Gasteiger partial charge in [0.05, 0.1) is 22.1 Å². The summed E-state index contributed by atoms with van der Waals surface area (Å²) >= 11 is 1.71. The first kappa shape index (κ1) is 14.4. The molecule has 112 valence electrons. The van der Waals surface area contributed by atoms with E-state index in [4.69, 9.17) is 5.73 Å². The van der Waals surface area contributed by atoms with Crippen LogP contribution in [0.5, 0.6) is 0 Å². The number of likely N-dealkylation sites (N-methyl/N-ethyl adjacent to an activating group) is 1. The summed E-state index contributed by atoms with van der Waals surface area (Å²) in [6.45, 7) is 6.39. The van der Waals surface area contributed by atoms with Gasteiger partial charge in [0.1, 0.15) is 0 Å². The van der Waals surface area contributed by atoms with Crippen LogP contribution in [0, 0.1) is 0 Å². The fourth-order valence-electron chi connectivity index (χ4n) is 2.66. The molecule has 1 fully saturated rings. The first-order valence-electron chi connectivity index (χ1n) is 7.45. The maximum Gasteiger partial charge on any atom is 0.0929 e. The van der Waals surface area contributed by atoms with E-state index in [-0.39, 0.29) is 0 Å². The number of anilines is 2. The van der Waals surface area contributed by atoms with E-state index in [1.165, 1.54) is 5.01 Å². The van der Waals surface area contributed by atoms with Gasteiger partial charge in [-0.05, 0) is 25.6 Å². The van der Waals surface area contributed by atoms with Crippen LogP contribution >= 0.6 is 11.3 Å². The minimum atomic E-state index is 0.850. The largest absolute Gasteiger partial charge is 0.397 e. The minimum absolute atomic E-state index is 0.850. The van der Waals surface area contributed by atoms with Crippen LogP contribution in [0.25, 0.3) is 11.3 Å². The molecule has 0 amide bonds. The number of benzene rings is 1. The van der Waals surface area contributed by atoms with Gasteiger partial charge in [0.15, 0.2) is 0 Å². The number of hydrogen-bond acceptors (Lipinski definition) is 5. The number of thiazole rings is 1. The average Bonchev–Trinajstić information content (AvgIpc) is 2.97. The maximum atomic E-state index is 6.28. The maximum absolute atomic E-state index is 6.28. The summed E-state index contributed by atoms with van der Waals surface area (Å²) in [6.07, 6.45) is 0.986. The van der Waals surface area contributed by atoms with Crippen molar-refractivity contribution in [3.8, 4) is 11.3 Å². The number of aryl methyl sites for hydroxylation is 1. The van der Waals surface area contributed by atoms with Crippen molar-refractivity contribution in [2.75, 3.05) is 43.9 Å². The highest BCUT2D eigenvalue weighted by atomic mass is 32.1. The SMILES string of the molecule is CCc1nc(-c2ccc(N3CCN(C)CC3)c(N)c2)cs1. The van der Waals surface area contributed by atoms with Crippen LogP contribution in [0.15, 0.2) is 23.6 Å². The van der Waals surface area contributed by atoms with Gasteiger partial charge in [-0.25, -0.2) is 4.98 Å². The van der Waals surface area contributed by atoms with Crippen LogP contribution in [0.1, 0.15) is 11.9 Å². The Balaban J connectivity index is 1.82. The van der Waals surface area contributed by atoms with Crippen LogP contribution in [-0.4, -0.2) is 43.1 Å². The molecule has 1 aromatic carbocycles. The average molecular weight is 302 g/mol. The second kappa shape index (κ2) is 6.03. The van der Waals surface area contributed by atoms with Crippen molar-refractivity contribution in [3.05, 3.63) is 28.6 Å². The normalized spacial score (nSPS) is 16.4. The molecule has 1 saturated heterocycles. The molecule has 1 aromatic heterocycles. The Morgan fingerprint density at radius 3 is 2.62 bits per heavy atom. The second-order valence-corrected chi connectivity index (χ2v) is 6.49. The predicted octanol–water partition coefficient (Wildman–Crippen LogP) is 2.71. The summed E-state index contributed by atoms with van der Waals surface area (Å²) in [4.78, 5) is 9.36. The number of aromatic nitrogens is 1. The number of rotatable bonds is 3. The van der Waals surface area contributed by atoms with Crippen molar-refractivity contribution in [3.63, 3.8) is 0 Å². The monoisotopic (exact) mass is 302 g/mol.